The Kier molecular flexibility index (Phi) is 5.74. The molecule has 154 valence electrons. The Morgan fingerprint density at radius 2 is 1.80 bits per heavy atom. The zero-order valence-corrected chi connectivity index (χ0v) is 16.4. The minimum atomic E-state index is -1.01. The van der Waals surface area contributed by atoms with Gasteiger partial charge in [0.2, 0.25) is 11.8 Å². The first kappa shape index (κ1) is 20.0. The van der Waals surface area contributed by atoms with E-state index in [9.17, 15) is 18.4 Å². The highest BCUT2D eigenvalue weighted by molar-refractivity contribution is 5.94. The molecule has 2 amide bonds. The van der Waals surface area contributed by atoms with E-state index in [-0.39, 0.29) is 29.8 Å². The summed E-state index contributed by atoms with van der Waals surface area (Å²) in [7, 11) is 0. The van der Waals surface area contributed by atoms with E-state index in [4.69, 9.17) is 0 Å². The van der Waals surface area contributed by atoms with Crippen molar-refractivity contribution in [3.63, 3.8) is 0 Å². The summed E-state index contributed by atoms with van der Waals surface area (Å²) in [5, 5.41) is 4.77. The van der Waals surface area contributed by atoms with Gasteiger partial charge in [0.1, 0.15) is 0 Å². The average Bonchev–Trinajstić information content (AvgIpc) is 2.76. The zero-order chi connectivity index (χ0) is 21.1. The second kappa shape index (κ2) is 8.61. The van der Waals surface area contributed by atoms with Gasteiger partial charge in [-0.25, -0.2) is 8.78 Å². The van der Waals surface area contributed by atoms with Crippen molar-refractivity contribution in [3.05, 3.63) is 77.9 Å². The van der Waals surface area contributed by atoms with E-state index in [1.54, 1.807) is 4.90 Å². The molecule has 0 aliphatic carbocycles. The van der Waals surface area contributed by atoms with Gasteiger partial charge in [0, 0.05) is 24.8 Å². The van der Waals surface area contributed by atoms with Gasteiger partial charge in [-0.05, 0) is 41.3 Å². The lowest BCUT2D eigenvalue weighted by atomic mass is 9.95. The first-order valence-electron chi connectivity index (χ1n) is 10.0. The zero-order valence-electron chi connectivity index (χ0n) is 16.4. The van der Waals surface area contributed by atoms with Crippen LogP contribution in [0, 0.1) is 17.6 Å². The topological polar surface area (TPSA) is 49.4 Å². The van der Waals surface area contributed by atoms with Crippen molar-refractivity contribution in [1.82, 2.24) is 4.90 Å². The molecule has 1 atom stereocenters. The number of nitrogens with zero attached hydrogens (tertiary/aromatic N) is 1. The van der Waals surface area contributed by atoms with Gasteiger partial charge in [0.05, 0.1) is 12.3 Å². The number of nitrogens with one attached hydrogen (secondary N) is 1. The van der Waals surface area contributed by atoms with Gasteiger partial charge in [-0.2, -0.15) is 0 Å². The van der Waals surface area contributed by atoms with Crippen molar-refractivity contribution < 1.29 is 18.4 Å². The summed E-state index contributed by atoms with van der Waals surface area (Å²) in [5.74, 6) is -2.66. The Morgan fingerprint density at radius 3 is 2.63 bits per heavy atom. The summed E-state index contributed by atoms with van der Waals surface area (Å²) in [6.45, 7) is 0.928. The molecule has 0 saturated carbocycles. The maximum absolute atomic E-state index is 13.4. The van der Waals surface area contributed by atoms with E-state index in [1.807, 2.05) is 42.5 Å². The number of likely N-dealkylation sites (tertiary alicyclic amines) is 1. The normalized spacial score (nSPS) is 16.5. The number of carbonyl (C=O) groups excluding carboxylic acids is 2. The van der Waals surface area contributed by atoms with Crippen LogP contribution in [0.2, 0.25) is 0 Å². The molecule has 0 unspecified atom stereocenters. The lowest BCUT2D eigenvalue weighted by molar-refractivity contribution is -0.133. The Balaban J connectivity index is 1.42. The molecule has 3 aromatic rings. The number of carbonyl (C=O) groups is 2. The third-order valence-electron chi connectivity index (χ3n) is 5.55. The fourth-order valence-corrected chi connectivity index (χ4v) is 3.96. The van der Waals surface area contributed by atoms with Gasteiger partial charge in [0.25, 0.3) is 0 Å². The highest BCUT2D eigenvalue weighted by Gasteiger charge is 2.28. The van der Waals surface area contributed by atoms with Crippen LogP contribution in [0.1, 0.15) is 18.4 Å². The monoisotopic (exact) mass is 408 g/mol. The van der Waals surface area contributed by atoms with Crippen LogP contribution in [0.3, 0.4) is 0 Å². The third kappa shape index (κ3) is 4.32. The Hall–Kier alpha value is -3.28. The number of rotatable bonds is 4. The maximum atomic E-state index is 13.4. The second-order valence-electron chi connectivity index (χ2n) is 7.61. The number of halogens is 2. The van der Waals surface area contributed by atoms with Crippen LogP contribution in [-0.4, -0.2) is 29.8 Å². The van der Waals surface area contributed by atoms with Gasteiger partial charge in [-0.15, -0.1) is 0 Å². The summed E-state index contributed by atoms with van der Waals surface area (Å²) in [4.78, 5) is 27.2. The molecule has 30 heavy (non-hydrogen) atoms. The van der Waals surface area contributed by atoms with Crippen LogP contribution in [0.4, 0.5) is 14.5 Å². The van der Waals surface area contributed by atoms with E-state index in [1.165, 1.54) is 6.07 Å². The van der Waals surface area contributed by atoms with E-state index in [2.05, 4.69) is 5.32 Å². The standard InChI is InChI=1S/C24H22F2N2O2/c25-21-11-10-19(14-22(21)26)27-24(30)18-8-4-12-28(15-18)23(29)13-17-7-3-6-16-5-1-2-9-20(16)17/h1-3,5-7,9-11,14,18H,4,8,12-13,15H2,(H,27,30)/t18-/m0/s1. The van der Waals surface area contributed by atoms with Crippen molar-refractivity contribution in [3.8, 4) is 0 Å². The Morgan fingerprint density at radius 1 is 1.00 bits per heavy atom. The molecule has 0 aromatic heterocycles. The van der Waals surface area contributed by atoms with Gasteiger partial charge in [-0.1, -0.05) is 42.5 Å². The van der Waals surface area contributed by atoms with Crippen molar-refractivity contribution in [1.29, 1.82) is 0 Å². The predicted molar refractivity (Wildman–Crippen MR) is 112 cm³/mol. The summed E-state index contributed by atoms with van der Waals surface area (Å²) in [5.41, 5.74) is 1.17. The number of benzene rings is 3. The summed E-state index contributed by atoms with van der Waals surface area (Å²) in [6.07, 6.45) is 1.64. The molecule has 1 aliphatic rings. The molecule has 3 aromatic carbocycles. The van der Waals surface area contributed by atoms with Crippen LogP contribution in [0.5, 0.6) is 0 Å². The minimum absolute atomic E-state index is 0.0170. The fraction of sp³-hybridized carbons (Fsp3) is 0.250. The summed E-state index contributed by atoms with van der Waals surface area (Å²) >= 11 is 0. The quantitative estimate of drug-likeness (QED) is 0.689. The number of anilines is 1. The molecule has 0 radical (unpaired) electrons. The van der Waals surface area contributed by atoms with Crippen LogP contribution < -0.4 is 5.32 Å². The fourth-order valence-electron chi connectivity index (χ4n) is 3.96. The summed E-state index contributed by atoms with van der Waals surface area (Å²) < 4.78 is 26.5. The maximum Gasteiger partial charge on any atom is 0.229 e. The van der Waals surface area contributed by atoms with Gasteiger partial charge in [-0.3, -0.25) is 9.59 Å². The van der Waals surface area contributed by atoms with E-state index in [0.29, 0.717) is 19.5 Å². The molecule has 6 heteroatoms. The van der Waals surface area contributed by atoms with Crippen LogP contribution in [0.15, 0.2) is 60.7 Å². The molecule has 1 N–H and O–H groups in total. The first-order valence-corrected chi connectivity index (χ1v) is 10.0. The number of hydrogen-bond donors (Lipinski definition) is 1. The Bertz CT molecular complexity index is 1090. The highest BCUT2D eigenvalue weighted by Crippen LogP contribution is 2.23. The molecule has 0 bridgehead atoms. The van der Waals surface area contributed by atoms with Crippen LogP contribution in [-0.2, 0) is 16.0 Å². The van der Waals surface area contributed by atoms with Crippen molar-refractivity contribution in [2.24, 2.45) is 5.92 Å². The van der Waals surface area contributed by atoms with E-state index >= 15 is 0 Å². The lowest BCUT2D eigenvalue weighted by Gasteiger charge is -2.32. The van der Waals surface area contributed by atoms with Gasteiger partial charge >= 0.3 is 0 Å². The predicted octanol–water partition coefficient (Wildman–Crippen LogP) is 4.54. The van der Waals surface area contributed by atoms with E-state index < -0.39 is 11.6 Å². The highest BCUT2D eigenvalue weighted by atomic mass is 19.2. The van der Waals surface area contributed by atoms with E-state index in [0.717, 1.165) is 34.9 Å². The molecule has 0 spiro atoms. The van der Waals surface area contributed by atoms with Crippen LogP contribution >= 0.6 is 0 Å². The van der Waals surface area contributed by atoms with Gasteiger partial charge in [0.15, 0.2) is 11.6 Å². The minimum Gasteiger partial charge on any atom is -0.342 e. The molecule has 1 saturated heterocycles. The second-order valence-corrected chi connectivity index (χ2v) is 7.61. The number of fused-ring (bicyclic) bond motifs is 1. The summed E-state index contributed by atoms with van der Waals surface area (Å²) in [6, 6.07) is 17.1. The lowest BCUT2D eigenvalue weighted by Crippen LogP contribution is -2.44. The SMILES string of the molecule is O=C(Nc1ccc(F)c(F)c1)[C@H]1CCCN(C(=O)Cc2cccc3ccccc23)C1. The van der Waals surface area contributed by atoms with Crippen molar-refractivity contribution in [2.45, 2.75) is 19.3 Å². The molecular weight excluding hydrogens is 386 g/mol. The average molecular weight is 408 g/mol. The number of amides is 2. The van der Waals surface area contributed by atoms with Gasteiger partial charge < -0.3 is 10.2 Å². The number of hydrogen-bond acceptors (Lipinski definition) is 2. The molecular formula is C24H22F2N2O2. The molecule has 1 heterocycles. The van der Waals surface area contributed by atoms with Crippen LogP contribution in [0.25, 0.3) is 10.8 Å². The third-order valence-corrected chi connectivity index (χ3v) is 5.55. The first-order chi connectivity index (χ1) is 14.5. The number of piperidine rings is 1. The molecule has 1 aliphatic heterocycles. The molecule has 4 nitrogen and oxygen atoms in total. The molecule has 1 fully saturated rings. The van der Waals surface area contributed by atoms with Crippen molar-refractivity contribution >= 4 is 28.3 Å². The largest absolute Gasteiger partial charge is 0.342 e. The van der Waals surface area contributed by atoms with Crippen molar-refractivity contribution in [2.75, 3.05) is 18.4 Å². The Labute approximate surface area is 173 Å². The molecule has 4 rings (SSSR count). The smallest absolute Gasteiger partial charge is 0.229 e.